The van der Waals surface area contributed by atoms with Gasteiger partial charge in [-0.3, -0.25) is 14.9 Å². The van der Waals surface area contributed by atoms with E-state index in [0.717, 1.165) is 10.8 Å². The lowest BCUT2D eigenvalue weighted by atomic mass is 9.90. The van der Waals surface area contributed by atoms with E-state index in [2.05, 4.69) is 15.5 Å². The topological polar surface area (TPSA) is 75.2 Å². The maximum Gasteiger partial charge on any atom is 0.262 e. The Hall–Kier alpha value is -1.15. The van der Waals surface area contributed by atoms with Crippen LogP contribution in [0.4, 0.5) is 5.13 Å². The molecule has 2 amide bonds. The van der Waals surface area contributed by atoms with Crippen molar-refractivity contribution in [3.8, 4) is 0 Å². The number of nitrogens with zero attached hydrogens (tertiary/aromatic N) is 3. The van der Waals surface area contributed by atoms with Crippen LogP contribution in [0.5, 0.6) is 0 Å². The number of hydrogen-bond donors (Lipinski definition) is 1. The Labute approximate surface area is 143 Å². The number of aromatic nitrogens is 2. The monoisotopic (exact) mass is 352 g/mol. The lowest BCUT2D eigenvalue weighted by Crippen LogP contribution is -2.48. The van der Waals surface area contributed by atoms with Gasteiger partial charge in [0.05, 0.1) is 0 Å². The Balaban J connectivity index is 1.47. The van der Waals surface area contributed by atoms with Crippen molar-refractivity contribution in [3.63, 3.8) is 0 Å². The first-order chi connectivity index (χ1) is 11.2. The van der Waals surface area contributed by atoms with Crippen molar-refractivity contribution in [1.29, 1.82) is 0 Å². The van der Waals surface area contributed by atoms with E-state index in [4.69, 9.17) is 0 Å². The van der Waals surface area contributed by atoms with Gasteiger partial charge in [0.25, 0.3) is 5.91 Å². The number of thioether (sulfide) groups is 1. The molecule has 1 aromatic heterocycles. The van der Waals surface area contributed by atoms with E-state index < -0.39 is 4.87 Å². The Morgan fingerprint density at radius 2 is 2.09 bits per heavy atom. The van der Waals surface area contributed by atoms with Gasteiger partial charge >= 0.3 is 0 Å². The molecule has 3 heterocycles. The molecule has 0 aromatic carbocycles. The van der Waals surface area contributed by atoms with Gasteiger partial charge in [-0.05, 0) is 19.3 Å². The summed E-state index contributed by atoms with van der Waals surface area (Å²) in [5.41, 5.74) is 0. The van der Waals surface area contributed by atoms with Crippen molar-refractivity contribution in [1.82, 2.24) is 15.1 Å². The van der Waals surface area contributed by atoms with Crippen LogP contribution in [0.1, 0.15) is 55.9 Å². The third-order valence-electron chi connectivity index (χ3n) is 5.04. The summed E-state index contributed by atoms with van der Waals surface area (Å²) in [6.45, 7) is 0.667. The number of hydrogen-bond acceptors (Lipinski definition) is 6. The average molecular weight is 352 g/mol. The summed E-state index contributed by atoms with van der Waals surface area (Å²) in [6, 6.07) is 0. The Morgan fingerprint density at radius 3 is 2.91 bits per heavy atom. The molecular formula is C15H20N4O2S2. The van der Waals surface area contributed by atoms with E-state index in [1.165, 1.54) is 43.4 Å². The van der Waals surface area contributed by atoms with Crippen molar-refractivity contribution in [3.05, 3.63) is 5.01 Å². The third-order valence-corrected chi connectivity index (χ3v) is 7.52. The zero-order valence-corrected chi connectivity index (χ0v) is 14.5. The summed E-state index contributed by atoms with van der Waals surface area (Å²) in [7, 11) is 0. The number of anilines is 1. The average Bonchev–Trinajstić information content (AvgIpc) is 3.26. The van der Waals surface area contributed by atoms with E-state index in [9.17, 15) is 9.59 Å². The predicted octanol–water partition coefficient (Wildman–Crippen LogP) is 2.59. The summed E-state index contributed by atoms with van der Waals surface area (Å²) in [6.07, 6.45) is 7.21. The van der Waals surface area contributed by atoms with E-state index >= 15 is 0 Å². The number of carbonyl (C=O) groups excluding carboxylic acids is 2. The van der Waals surface area contributed by atoms with Crippen LogP contribution in [-0.2, 0) is 9.59 Å². The molecule has 3 fully saturated rings. The van der Waals surface area contributed by atoms with Crippen molar-refractivity contribution >= 4 is 40.0 Å². The maximum absolute atomic E-state index is 12.8. The highest BCUT2D eigenvalue weighted by atomic mass is 32.2. The minimum atomic E-state index is -0.715. The molecule has 0 bridgehead atoms. The van der Waals surface area contributed by atoms with Crippen molar-refractivity contribution in [2.45, 2.75) is 55.7 Å². The molecule has 1 atom stereocenters. The molecule has 2 saturated heterocycles. The van der Waals surface area contributed by atoms with Crippen LogP contribution in [0.2, 0.25) is 0 Å². The van der Waals surface area contributed by atoms with Gasteiger partial charge in [-0.2, -0.15) is 0 Å². The van der Waals surface area contributed by atoms with Gasteiger partial charge in [-0.25, -0.2) is 0 Å². The number of carbonyl (C=O) groups is 2. The van der Waals surface area contributed by atoms with Crippen LogP contribution in [0.3, 0.4) is 0 Å². The predicted molar refractivity (Wildman–Crippen MR) is 90.5 cm³/mol. The number of fused-ring (bicyclic) bond motifs is 1. The van der Waals surface area contributed by atoms with E-state index in [0.29, 0.717) is 30.4 Å². The Kier molecular flexibility index (Phi) is 4.05. The highest BCUT2D eigenvalue weighted by Gasteiger charge is 2.54. The Morgan fingerprint density at radius 1 is 1.26 bits per heavy atom. The van der Waals surface area contributed by atoms with Gasteiger partial charge in [0.1, 0.15) is 5.01 Å². The fraction of sp³-hybridized carbons (Fsp3) is 0.733. The fourth-order valence-electron chi connectivity index (χ4n) is 3.80. The normalized spacial score (nSPS) is 28.2. The first kappa shape index (κ1) is 15.4. The highest BCUT2D eigenvalue weighted by molar-refractivity contribution is 8.01. The van der Waals surface area contributed by atoms with Gasteiger partial charge in [0.2, 0.25) is 11.0 Å². The summed E-state index contributed by atoms with van der Waals surface area (Å²) < 4.78 is 0. The van der Waals surface area contributed by atoms with E-state index in [1.54, 1.807) is 16.7 Å². The van der Waals surface area contributed by atoms with Crippen molar-refractivity contribution in [2.75, 3.05) is 17.6 Å². The summed E-state index contributed by atoms with van der Waals surface area (Å²) in [4.78, 5) is 25.7. The van der Waals surface area contributed by atoms with Crippen LogP contribution < -0.4 is 5.32 Å². The lowest BCUT2D eigenvalue weighted by molar-refractivity contribution is -0.133. The van der Waals surface area contributed by atoms with Gasteiger partial charge in [-0.15, -0.1) is 22.0 Å². The van der Waals surface area contributed by atoms with Crippen LogP contribution in [0.25, 0.3) is 0 Å². The van der Waals surface area contributed by atoms with Gasteiger partial charge in [0.15, 0.2) is 4.87 Å². The standard InChI is InChI=1S/C15H20N4O2S2/c20-11-6-7-15(19(11)8-9-22-15)13(21)16-14-18-17-12(23-14)10-4-2-1-3-5-10/h10H,1-9H2,(H,16,18,21)/t15-/m0/s1. The number of amides is 2. The first-order valence-electron chi connectivity index (χ1n) is 8.28. The zero-order chi connectivity index (χ0) is 15.9. The second-order valence-electron chi connectivity index (χ2n) is 6.41. The summed E-state index contributed by atoms with van der Waals surface area (Å²) in [5.74, 6) is 1.29. The molecule has 0 radical (unpaired) electrons. The quantitative estimate of drug-likeness (QED) is 0.905. The van der Waals surface area contributed by atoms with Gasteiger partial charge < -0.3 is 4.90 Å². The van der Waals surface area contributed by atoms with Crippen LogP contribution in [-0.4, -0.2) is 44.1 Å². The fourth-order valence-corrected chi connectivity index (χ4v) is 6.10. The molecule has 1 N–H and O–H groups in total. The van der Waals surface area contributed by atoms with Crippen LogP contribution in [0.15, 0.2) is 0 Å². The minimum absolute atomic E-state index is 0.0882. The van der Waals surface area contributed by atoms with Crippen LogP contribution in [0, 0.1) is 0 Å². The molecule has 0 unspecified atom stereocenters. The number of rotatable bonds is 3. The van der Waals surface area contributed by atoms with Gasteiger partial charge in [-0.1, -0.05) is 30.6 Å². The Bertz CT molecular complexity index is 629. The molecule has 1 aliphatic carbocycles. The highest BCUT2D eigenvalue weighted by Crippen LogP contribution is 2.45. The molecule has 2 aliphatic heterocycles. The third kappa shape index (κ3) is 2.65. The van der Waals surface area contributed by atoms with Crippen molar-refractivity contribution in [2.24, 2.45) is 0 Å². The zero-order valence-electron chi connectivity index (χ0n) is 12.9. The number of nitrogens with one attached hydrogen (secondary N) is 1. The minimum Gasteiger partial charge on any atom is -0.319 e. The molecule has 4 rings (SSSR count). The second-order valence-corrected chi connectivity index (χ2v) is 8.79. The molecule has 6 nitrogen and oxygen atoms in total. The molecule has 8 heteroatoms. The molecule has 3 aliphatic rings. The largest absolute Gasteiger partial charge is 0.319 e. The molecule has 1 saturated carbocycles. The lowest BCUT2D eigenvalue weighted by Gasteiger charge is -2.28. The van der Waals surface area contributed by atoms with E-state index in [-0.39, 0.29) is 11.8 Å². The molecule has 124 valence electrons. The van der Waals surface area contributed by atoms with Gasteiger partial charge in [0, 0.05) is 24.6 Å². The molecular weight excluding hydrogens is 332 g/mol. The second kappa shape index (κ2) is 6.05. The molecule has 0 spiro atoms. The SMILES string of the molecule is O=C1CC[C@@]2(C(=O)Nc3nnc(C4CCCCC4)s3)SCCN12. The van der Waals surface area contributed by atoms with E-state index in [1.807, 2.05) is 0 Å². The summed E-state index contributed by atoms with van der Waals surface area (Å²) in [5, 5.41) is 13.0. The first-order valence-corrected chi connectivity index (χ1v) is 10.1. The smallest absolute Gasteiger partial charge is 0.262 e. The molecule has 1 aromatic rings. The molecule has 23 heavy (non-hydrogen) atoms. The van der Waals surface area contributed by atoms with Crippen molar-refractivity contribution < 1.29 is 9.59 Å². The summed E-state index contributed by atoms with van der Waals surface area (Å²) >= 11 is 3.07. The van der Waals surface area contributed by atoms with Crippen LogP contribution >= 0.6 is 23.1 Å². The maximum atomic E-state index is 12.8.